The molecule has 0 saturated heterocycles. The minimum absolute atomic E-state index is 0.780. The van der Waals surface area contributed by atoms with E-state index in [0.717, 1.165) is 0 Å². The van der Waals surface area contributed by atoms with Crippen molar-refractivity contribution < 1.29 is 0 Å². The van der Waals surface area contributed by atoms with Crippen LogP contribution >= 0.6 is 0 Å². The van der Waals surface area contributed by atoms with Crippen LogP contribution in [0.5, 0.6) is 0 Å². The van der Waals surface area contributed by atoms with Crippen LogP contribution in [0.4, 0.5) is 0 Å². The fourth-order valence-electron chi connectivity index (χ4n) is 2.41. The molecule has 0 fully saturated rings. The summed E-state index contributed by atoms with van der Waals surface area (Å²) in [5.41, 5.74) is 0. The lowest BCUT2D eigenvalue weighted by molar-refractivity contribution is 0.561. The van der Waals surface area contributed by atoms with Crippen molar-refractivity contribution in [2.45, 2.75) is 96.6 Å². The van der Waals surface area contributed by atoms with Gasteiger partial charge in [-0.25, -0.2) is 0 Å². The second-order valence-corrected chi connectivity index (χ2v) is 8.19. The summed E-state index contributed by atoms with van der Waals surface area (Å²) >= 11 is 0. The molecule has 0 aromatic rings. The molecule has 0 spiro atoms. The summed E-state index contributed by atoms with van der Waals surface area (Å²) in [4.78, 5) is 0. The first-order valence-electron chi connectivity index (χ1n) is 8.06. The summed E-state index contributed by atoms with van der Waals surface area (Å²) in [7, 11) is -0.780. The molecule has 2 N–H and O–H groups in total. The highest BCUT2D eigenvalue weighted by Crippen LogP contribution is 2.12. The Hall–Kier alpha value is 0.177. The van der Waals surface area contributed by atoms with Crippen LogP contribution in [0.2, 0.25) is 12.1 Å². The lowest BCUT2D eigenvalue weighted by Crippen LogP contribution is -2.24. The predicted molar refractivity (Wildman–Crippen MR) is 83.1 cm³/mol. The molecule has 1 unspecified atom stereocenters. The summed E-state index contributed by atoms with van der Waals surface area (Å²) in [5, 5.41) is 6.13. The fourth-order valence-corrected chi connectivity index (χ4v) is 4.25. The van der Waals surface area contributed by atoms with Gasteiger partial charge >= 0.3 is 0 Å². The van der Waals surface area contributed by atoms with Crippen LogP contribution < -0.4 is 5.40 Å². The van der Waals surface area contributed by atoms with E-state index < -0.39 is 8.96 Å². The highest BCUT2D eigenvalue weighted by Gasteiger charge is 2.02. The Kier molecular flexibility index (Phi) is 14.4. The molecule has 0 aliphatic rings. The lowest BCUT2D eigenvalue weighted by atomic mass is 10.1. The predicted octanol–water partition coefficient (Wildman–Crippen LogP) is 5.00. The van der Waals surface area contributed by atoms with Gasteiger partial charge in [-0.3, -0.25) is 0 Å². The monoisotopic (exact) mass is 257 g/mol. The first-order valence-corrected chi connectivity index (χ1v) is 10.4. The van der Waals surface area contributed by atoms with Crippen LogP contribution in [-0.2, 0) is 0 Å². The number of hydrogen-bond acceptors (Lipinski definition) is 1. The second kappa shape index (κ2) is 14.2. The molecule has 0 aliphatic carbocycles. The van der Waals surface area contributed by atoms with Gasteiger partial charge in [0.1, 0.15) is 8.96 Å². The number of unbranched alkanes of at least 4 members (excludes halogenated alkanes) is 9. The normalized spacial score (nSPS) is 12.9. The minimum Gasteiger partial charge on any atom is -0.353 e. The Labute approximate surface area is 111 Å². The Morgan fingerprint density at radius 1 is 0.588 bits per heavy atom. The molecule has 17 heavy (non-hydrogen) atoms. The topological polar surface area (TPSA) is 26.0 Å². The SMILES string of the molecule is CCCCCCCCCCCC[SiH](N)CCC. The average molecular weight is 258 g/mol. The van der Waals surface area contributed by atoms with Gasteiger partial charge in [0, 0.05) is 0 Å². The van der Waals surface area contributed by atoms with Gasteiger partial charge in [0.25, 0.3) is 0 Å². The van der Waals surface area contributed by atoms with Gasteiger partial charge in [-0.1, -0.05) is 84.5 Å². The maximum Gasteiger partial charge on any atom is 0.106 e. The molecule has 0 saturated carbocycles. The molecule has 0 rings (SSSR count). The summed E-state index contributed by atoms with van der Waals surface area (Å²) in [6.07, 6.45) is 15.7. The Morgan fingerprint density at radius 2 is 1.06 bits per heavy atom. The van der Waals surface area contributed by atoms with E-state index in [1.165, 1.54) is 82.7 Å². The average Bonchev–Trinajstić information content (AvgIpc) is 2.32. The van der Waals surface area contributed by atoms with Gasteiger partial charge in [-0.05, 0) is 12.1 Å². The van der Waals surface area contributed by atoms with Crippen molar-refractivity contribution >= 4 is 8.96 Å². The summed E-state index contributed by atoms with van der Waals surface area (Å²) in [6, 6.07) is 2.72. The lowest BCUT2D eigenvalue weighted by Gasteiger charge is -2.07. The largest absolute Gasteiger partial charge is 0.353 e. The minimum atomic E-state index is -0.780. The molecule has 0 aromatic heterocycles. The van der Waals surface area contributed by atoms with E-state index in [-0.39, 0.29) is 0 Å². The fraction of sp³-hybridized carbons (Fsp3) is 1.00. The zero-order chi connectivity index (χ0) is 12.8. The second-order valence-electron chi connectivity index (χ2n) is 5.52. The maximum atomic E-state index is 6.13. The van der Waals surface area contributed by atoms with E-state index >= 15 is 0 Å². The zero-order valence-electron chi connectivity index (χ0n) is 12.3. The van der Waals surface area contributed by atoms with Gasteiger partial charge in [-0.15, -0.1) is 0 Å². The third kappa shape index (κ3) is 14.1. The molecule has 0 heterocycles. The first kappa shape index (κ1) is 17.2. The molecule has 1 atom stereocenters. The molecular weight excluding hydrogens is 222 g/mol. The molecular formula is C15H35NSi. The molecule has 2 heteroatoms. The van der Waals surface area contributed by atoms with E-state index in [2.05, 4.69) is 13.8 Å². The van der Waals surface area contributed by atoms with Crippen molar-refractivity contribution in [3.05, 3.63) is 0 Å². The van der Waals surface area contributed by atoms with Crippen molar-refractivity contribution in [1.29, 1.82) is 0 Å². The van der Waals surface area contributed by atoms with Crippen LogP contribution in [0.15, 0.2) is 0 Å². The summed E-state index contributed by atoms with van der Waals surface area (Å²) < 4.78 is 0. The van der Waals surface area contributed by atoms with Gasteiger partial charge in [-0.2, -0.15) is 0 Å². The molecule has 0 aromatic carbocycles. The molecule has 104 valence electrons. The van der Waals surface area contributed by atoms with Crippen molar-refractivity contribution in [3.63, 3.8) is 0 Å². The van der Waals surface area contributed by atoms with E-state index in [0.29, 0.717) is 0 Å². The van der Waals surface area contributed by atoms with Crippen LogP contribution in [0.1, 0.15) is 84.5 Å². The molecule has 0 aliphatic heterocycles. The quantitative estimate of drug-likeness (QED) is 0.365. The summed E-state index contributed by atoms with van der Waals surface area (Å²) in [5.74, 6) is 0. The van der Waals surface area contributed by atoms with E-state index in [1.807, 2.05) is 0 Å². The van der Waals surface area contributed by atoms with Gasteiger partial charge in [0.2, 0.25) is 0 Å². The van der Waals surface area contributed by atoms with Crippen molar-refractivity contribution in [3.8, 4) is 0 Å². The Morgan fingerprint density at radius 3 is 1.53 bits per heavy atom. The molecule has 1 nitrogen and oxygen atoms in total. The Bertz CT molecular complexity index is 139. The zero-order valence-corrected chi connectivity index (χ0v) is 13.5. The van der Waals surface area contributed by atoms with Crippen molar-refractivity contribution in [2.75, 3.05) is 0 Å². The number of hydrogen-bond donors (Lipinski definition) is 1. The first-order chi connectivity index (χ1) is 8.31. The molecule has 0 bridgehead atoms. The van der Waals surface area contributed by atoms with E-state index in [9.17, 15) is 0 Å². The standard InChI is InChI=1S/C15H35NSi/c1-3-5-6-7-8-9-10-11-12-13-15-17(16)14-4-2/h17H,3-16H2,1-2H3. The van der Waals surface area contributed by atoms with Gasteiger partial charge in [0.15, 0.2) is 0 Å². The van der Waals surface area contributed by atoms with E-state index in [1.54, 1.807) is 0 Å². The van der Waals surface area contributed by atoms with Gasteiger partial charge in [0.05, 0.1) is 0 Å². The van der Waals surface area contributed by atoms with Crippen LogP contribution in [-0.4, -0.2) is 8.96 Å². The Balaban J connectivity index is 2.98. The van der Waals surface area contributed by atoms with Crippen LogP contribution in [0.3, 0.4) is 0 Å². The van der Waals surface area contributed by atoms with Crippen LogP contribution in [0, 0.1) is 0 Å². The highest BCUT2D eigenvalue weighted by atomic mass is 28.3. The van der Waals surface area contributed by atoms with Crippen molar-refractivity contribution in [1.82, 2.24) is 0 Å². The van der Waals surface area contributed by atoms with Crippen molar-refractivity contribution in [2.24, 2.45) is 5.40 Å². The third-order valence-corrected chi connectivity index (χ3v) is 6.06. The number of nitrogens with two attached hydrogens (primary N) is 1. The highest BCUT2D eigenvalue weighted by molar-refractivity contribution is 6.55. The van der Waals surface area contributed by atoms with E-state index in [4.69, 9.17) is 5.40 Å². The summed E-state index contributed by atoms with van der Waals surface area (Å²) in [6.45, 7) is 4.54. The van der Waals surface area contributed by atoms with Gasteiger partial charge < -0.3 is 5.40 Å². The maximum absolute atomic E-state index is 6.13. The molecule has 0 amide bonds. The third-order valence-electron chi connectivity index (χ3n) is 3.59. The number of rotatable bonds is 13. The van der Waals surface area contributed by atoms with Crippen LogP contribution in [0.25, 0.3) is 0 Å². The molecule has 0 radical (unpaired) electrons. The smallest absolute Gasteiger partial charge is 0.106 e.